The molecule has 0 aliphatic heterocycles. The van der Waals surface area contributed by atoms with Crippen LogP contribution >= 0.6 is 0 Å². The van der Waals surface area contributed by atoms with Gasteiger partial charge < -0.3 is 14.6 Å². The molecule has 0 unspecified atom stereocenters. The van der Waals surface area contributed by atoms with E-state index < -0.39 is 0 Å². The van der Waals surface area contributed by atoms with Crippen LogP contribution in [0, 0.1) is 18.8 Å². The summed E-state index contributed by atoms with van der Waals surface area (Å²) in [5.41, 5.74) is 2.87. The smallest absolute Gasteiger partial charge is 0.198 e. The van der Waals surface area contributed by atoms with Crippen LogP contribution in [-0.4, -0.2) is 25.2 Å². The fraction of sp³-hybridized carbons (Fsp3) is 0.550. The number of pyridine rings is 1. The Balaban J connectivity index is 2.44. The van der Waals surface area contributed by atoms with E-state index in [2.05, 4.69) is 32.7 Å². The number of ether oxygens (including phenoxy) is 1. The van der Waals surface area contributed by atoms with Gasteiger partial charge in [-0.25, -0.2) is 0 Å². The Bertz CT molecular complexity index is 737. The molecule has 1 aromatic carbocycles. The molecule has 0 aliphatic rings. The van der Waals surface area contributed by atoms with Crippen LogP contribution in [0.5, 0.6) is 5.75 Å². The summed E-state index contributed by atoms with van der Waals surface area (Å²) >= 11 is 0. The molecule has 2 rings (SSSR count). The highest BCUT2D eigenvalue weighted by molar-refractivity contribution is 5.81. The molecule has 132 valence electrons. The largest absolute Gasteiger partial charge is 0.497 e. The summed E-state index contributed by atoms with van der Waals surface area (Å²) < 4.78 is 5.28. The van der Waals surface area contributed by atoms with Gasteiger partial charge in [-0.2, -0.15) is 0 Å². The minimum absolute atomic E-state index is 0.130. The van der Waals surface area contributed by atoms with E-state index in [4.69, 9.17) is 4.74 Å². The summed E-state index contributed by atoms with van der Waals surface area (Å²) in [5.74, 6) is 1.94. The Morgan fingerprint density at radius 3 is 2.29 bits per heavy atom. The third-order valence-corrected chi connectivity index (χ3v) is 4.34. The average molecular weight is 331 g/mol. The third kappa shape index (κ3) is 4.38. The summed E-state index contributed by atoms with van der Waals surface area (Å²) in [6.07, 6.45) is 0. The Morgan fingerprint density at radius 1 is 1.12 bits per heavy atom. The summed E-state index contributed by atoms with van der Waals surface area (Å²) in [7, 11) is 1.63. The molecule has 4 heteroatoms. The highest BCUT2D eigenvalue weighted by atomic mass is 16.5. The lowest BCUT2D eigenvalue weighted by molar-refractivity contribution is -0.919. The lowest BCUT2D eigenvalue weighted by Gasteiger charge is -2.23. The molecule has 0 fully saturated rings. The normalized spacial score (nSPS) is 11.9. The van der Waals surface area contributed by atoms with Crippen LogP contribution in [0.1, 0.15) is 39.0 Å². The SMILES string of the molecule is COc1ccc2[nH]c(C)c(C[NH+](CC(C)C)CC(C)C)c(=O)c2c1. The minimum atomic E-state index is 0.130. The molecule has 0 aliphatic carbocycles. The summed E-state index contributed by atoms with van der Waals surface area (Å²) in [4.78, 5) is 17.9. The first-order valence-corrected chi connectivity index (χ1v) is 8.84. The first-order valence-electron chi connectivity index (χ1n) is 8.84. The molecule has 0 atom stereocenters. The van der Waals surface area contributed by atoms with E-state index in [1.807, 2.05) is 25.1 Å². The van der Waals surface area contributed by atoms with E-state index in [0.29, 0.717) is 17.2 Å². The molecule has 24 heavy (non-hydrogen) atoms. The Kier molecular flexibility index (Phi) is 6.05. The number of aryl methyl sites for hydroxylation is 1. The highest BCUT2D eigenvalue weighted by Crippen LogP contribution is 2.18. The maximum atomic E-state index is 13.0. The van der Waals surface area contributed by atoms with Crippen LogP contribution in [0.25, 0.3) is 10.9 Å². The van der Waals surface area contributed by atoms with E-state index in [-0.39, 0.29) is 5.43 Å². The van der Waals surface area contributed by atoms with Gasteiger partial charge in [-0.15, -0.1) is 0 Å². The second-order valence-electron chi connectivity index (χ2n) is 7.59. The fourth-order valence-electron chi connectivity index (χ4n) is 3.40. The quantitative estimate of drug-likeness (QED) is 0.819. The predicted octanol–water partition coefficient (Wildman–Crippen LogP) is 2.54. The van der Waals surface area contributed by atoms with Crippen molar-refractivity contribution in [2.24, 2.45) is 11.8 Å². The zero-order valence-electron chi connectivity index (χ0n) is 15.8. The molecule has 1 heterocycles. The van der Waals surface area contributed by atoms with Gasteiger partial charge in [0, 0.05) is 28.4 Å². The van der Waals surface area contributed by atoms with Crippen molar-refractivity contribution in [2.75, 3.05) is 20.2 Å². The molecule has 2 aromatic rings. The van der Waals surface area contributed by atoms with Gasteiger partial charge in [0.25, 0.3) is 0 Å². The Hall–Kier alpha value is -1.81. The summed E-state index contributed by atoms with van der Waals surface area (Å²) in [5, 5.41) is 0.711. The number of quaternary nitrogens is 1. The summed E-state index contributed by atoms with van der Waals surface area (Å²) in [6, 6.07) is 5.63. The van der Waals surface area contributed by atoms with Gasteiger partial charge in [-0.3, -0.25) is 4.79 Å². The average Bonchev–Trinajstić information content (AvgIpc) is 2.49. The second kappa shape index (κ2) is 7.84. The Labute approximate surface area is 144 Å². The van der Waals surface area contributed by atoms with Crippen LogP contribution in [0.3, 0.4) is 0 Å². The molecule has 0 radical (unpaired) electrons. The standard InChI is InChI=1S/C20H30N2O2/c1-13(2)10-22(11-14(3)4)12-18-15(5)21-19-8-7-16(24-6)9-17(19)20(18)23/h7-9,13-14H,10-12H2,1-6H3,(H,21,23)/p+1. The number of hydrogen-bond donors (Lipinski definition) is 2. The fourth-order valence-corrected chi connectivity index (χ4v) is 3.40. The first kappa shape index (κ1) is 18.5. The molecule has 0 saturated carbocycles. The molecular formula is C20H31N2O2+. The van der Waals surface area contributed by atoms with Gasteiger partial charge in [0.15, 0.2) is 5.43 Å². The van der Waals surface area contributed by atoms with E-state index >= 15 is 0 Å². The molecular weight excluding hydrogens is 300 g/mol. The van der Waals surface area contributed by atoms with E-state index in [0.717, 1.165) is 42.2 Å². The number of aromatic amines is 1. The number of H-pyrrole nitrogens is 1. The van der Waals surface area contributed by atoms with Crippen molar-refractivity contribution in [3.8, 4) is 5.75 Å². The zero-order valence-corrected chi connectivity index (χ0v) is 15.8. The van der Waals surface area contributed by atoms with Crippen LogP contribution in [0.2, 0.25) is 0 Å². The van der Waals surface area contributed by atoms with Crippen LogP contribution in [-0.2, 0) is 6.54 Å². The number of rotatable bonds is 7. The molecule has 0 saturated heterocycles. The van der Waals surface area contributed by atoms with Crippen molar-refractivity contribution in [3.05, 3.63) is 39.7 Å². The van der Waals surface area contributed by atoms with Crippen LogP contribution < -0.4 is 15.1 Å². The van der Waals surface area contributed by atoms with E-state index in [9.17, 15) is 4.79 Å². The summed E-state index contributed by atoms with van der Waals surface area (Å²) in [6.45, 7) is 13.9. The molecule has 0 spiro atoms. The molecule has 1 aromatic heterocycles. The second-order valence-corrected chi connectivity index (χ2v) is 7.59. The maximum Gasteiger partial charge on any atom is 0.198 e. The first-order chi connectivity index (χ1) is 11.3. The highest BCUT2D eigenvalue weighted by Gasteiger charge is 2.18. The lowest BCUT2D eigenvalue weighted by atomic mass is 10.1. The number of nitrogens with one attached hydrogen (secondary N) is 2. The Morgan fingerprint density at radius 2 is 1.75 bits per heavy atom. The maximum absolute atomic E-state index is 13.0. The van der Waals surface area contributed by atoms with Crippen LogP contribution in [0.4, 0.5) is 0 Å². The number of aromatic nitrogens is 1. The lowest BCUT2D eigenvalue weighted by Crippen LogP contribution is -3.12. The molecule has 0 amide bonds. The third-order valence-electron chi connectivity index (χ3n) is 4.34. The number of methoxy groups -OCH3 is 1. The number of hydrogen-bond acceptors (Lipinski definition) is 2. The minimum Gasteiger partial charge on any atom is -0.497 e. The van der Waals surface area contributed by atoms with Crippen molar-refractivity contribution in [3.63, 3.8) is 0 Å². The van der Waals surface area contributed by atoms with Crippen LogP contribution in [0.15, 0.2) is 23.0 Å². The van der Waals surface area contributed by atoms with Crippen molar-refractivity contribution < 1.29 is 9.64 Å². The van der Waals surface area contributed by atoms with Gasteiger partial charge >= 0.3 is 0 Å². The van der Waals surface area contributed by atoms with Crippen molar-refractivity contribution in [1.82, 2.24) is 4.98 Å². The molecule has 4 nitrogen and oxygen atoms in total. The zero-order chi connectivity index (χ0) is 17.9. The van der Waals surface area contributed by atoms with E-state index in [1.54, 1.807) is 7.11 Å². The van der Waals surface area contributed by atoms with Crippen molar-refractivity contribution in [2.45, 2.75) is 41.2 Å². The van der Waals surface area contributed by atoms with Crippen molar-refractivity contribution in [1.29, 1.82) is 0 Å². The van der Waals surface area contributed by atoms with Gasteiger partial charge in [0.2, 0.25) is 0 Å². The van der Waals surface area contributed by atoms with Crippen molar-refractivity contribution >= 4 is 10.9 Å². The monoisotopic (exact) mass is 331 g/mol. The van der Waals surface area contributed by atoms with Gasteiger partial charge in [0.05, 0.1) is 25.8 Å². The molecule has 2 N–H and O–H groups in total. The molecule has 0 bridgehead atoms. The topological polar surface area (TPSA) is 46.5 Å². The van der Waals surface area contributed by atoms with Gasteiger partial charge in [0.1, 0.15) is 12.3 Å². The number of fused-ring (bicyclic) bond motifs is 1. The van der Waals surface area contributed by atoms with E-state index in [1.165, 1.54) is 4.90 Å². The van der Waals surface area contributed by atoms with Gasteiger partial charge in [-0.05, 0) is 25.1 Å². The predicted molar refractivity (Wildman–Crippen MR) is 99.9 cm³/mol. The number of benzene rings is 1. The van der Waals surface area contributed by atoms with Gasteiger partial charge in [-0.1, -0.05) is 27.7 Å².